The lowest BCUT2D eigenvalue weighted by atomic mass is 9.87. The van der Waals surface area contributed by atoms with Gasteiger partial charge in [0.25, 0.3) is 5.91 Å². The fourth-order valence-corrected chi connectivity index (χ4v) is 2.81. The summed E-state index contributed by atoms with van der Waals surface area (Å²) < 4.78 is 0. The van der Waals surface area contributed by atoms with Gasteiger partial charge in [-0.1, -0.05) is 48.0 Å². The van der Waals surface area contributed by atoms with E-state index in [4.69, 9.17) is 11.6 Å². The maximum atomic E-state index is 12.9. The van der Waals surface area contributed by atoms with Crippen LogP contribution in [0, 0.1) is 6.92 Å². The van der Waals surface area contributed by atoms with Crippen LogP contribution in [0.25, 0.3) is 0 Å². The highest BCUT2D eigenvalue weighted by Gasteiger charge is 2.34. The molecule has 0 aliphatic heterocycles. The molecule has 0 bridgehead atoms. The maximum absolute atomic E-state index is 12.9. The van der Waals surface area contributed by atoms with Crippen molar-refractivity contribution in [1.82, 2.24) is 10.2 Å². The highest BCUT2D eigenvalue weighted by Crippen LogP contribution is 2.30. The van der Waals surface area contributed by atoms with E-state index < -0.39 is 0 Å². The van der Waals surface area contributed by atoms with Crippen molar-refractivity contribution in [3.05, 3.63) is 70.2 Å². The van der Waals surface area contributed by atoms with Crippen molar-refractivity contribution < 1.29 is 4.79 Å². The highest BCUT2D eigenvalue weighted by molar-refractivity contribution is 6.31. The predicted molar refractivity (Wildman–Crippen MR) is 101 cm³/mol. The van der Waals surface area contributed by atoms with Crippen LogP contribution < -0.4 is 5.32 Å². The second kappa shape index (κ2) is 7.37. The molecular formula is C20H25ClN2O. The van der Waals surface area contributed by atoms with E-state index in [2.05, 4.69) is 24.1 Å². The van der Waals surface area contributed by atoms with Gasteiger partial charge in [0.2, 0.25) is 0 Å². The predicted octanol–water partition coefficient (Wildman–Crippen LogP) is 4.46. The normalized spacial score (nSPS) is 13.0. The summed E-state index contributed by atoms with van der Waals surface area (Å²) in [7, 11) is 4.04. The Balaban J connectivity index is 2.39. The summed E-state index contributed by atoms with van der Waals surface area (Å²) in [5.41, 5.74) is 2.22. The standard InChI is InChI=1S/C20H25ClN2O/c1-14-16(12-9-13-17(14)21)19(24)22-18(20(2,3)23(4)5)15-10-7-6-8-11-15/h6-13,18H,1-5H3,(H,22,24). The first-order chi connectivity index (χ1) is 11.2. The molecule has 0 saturated carbocycles. The molecule has 0 radical (unpaired) electrons. The summed E-state index contributed by atoms with van der Waals surface area (Å²) in [5.74, 6) is -0.112. The van der Waals surface area contributed by atoms with Crippen LogP contribution in [0.1, 0.15) is 41.4 Å². The number of halogens is 1. The van der Waals surface area contributed by atoms with Gasteiger partial charge in [-0.25, -0.2) is 0 Å². The lowest BCUT2D eigenvalue weighted by Gasteiger charge is -2.41. The molecule has 0 aliphatic carbocycles. The van der Waals surface area contributed by atoms with Crippen molar-refractivity contribution >= 4 is 17.5 Å². The molecule has 128 valence electrons. The molecule has 0 aliphatic rings. The second-order valence-corrected chi connectivity index (χ2v) is 7.18. The van der Waals surface area contributed by atoms with E-state index in [0.717, 1.165) is 11.1 Å². The lowest BCUT2D eigenvalue weighted by molar-refractivity contribution is 0.0840. The number of carbonyl (C=O) groups is 1. The van der Waals surface area contributed by atoms with Crippen molar-refractivity contribution in [1.29, 1.82) is 0 Å². The molecular weight excluding hydrogens is 320 g/mol. The molecule has 2 aromatic rings. The van der Waals surface area contributed by atoms with E-state index in [1.807, 2.05) is 51.4 Å². The molecule has 0 aromatic heterocycles. The molecule has 0 saturated heterocycles. The third-order valence-electron chi connectivity index (χ3n) is 4.78. The zero-order valence-corrected chi connectivity index (χ0v) is 15.7. The van der Waals surface area contributed by atoms with E-state index >= 15 is 0 Å². The Bertz CT molecular complexity index is 711. The van der Waals surface area contributed by atoms with Gasteiger partial charge in [0, 0.05) is 16.1 Å². The maximum Gasteiger partial charge on any atom is 0.252 e. The van der Waals surface area contributed by atoms with Crippen molar-refractivity contribution in [2.45, 2.75) is 32.4 Å². The molecule has 1 N–H and O–H groups in total. The van der Waals surface area contributed by atoms with Gasteiger partial charge in [-0.05, 0) is 58.1 Å². The fraction of sp³-hybridized carbons (Fsp3) is 0.350. The van der Waals surface area contributed by atoms with Crippen LogP contribution in [0.3, 0.4) is 0 Å². The SMILES string of the molecule is Cc1c(Cl)cccc1C(=O)NC(c1ccccc1)C(C)(C)N(C)C. The van der Waals surface area contributed by atoms with Gasteiger partial charge in [-0.2, -0.15) is 0 Å². The lowest BCUT2D eigenvalue weighted by Crippen LogP contribution is -2.50. The number of benzene rings is 2. The van der Waals surface area contributed by atoms with Crippen LogP contribution in [0.5, 0.6) is 0 Å². The van der Waals surface area contributed by atoms with Crippen LogP contribution >= 0.6 is 11.6 Å². The first kappa shape index (κ1) is 18.5. The summed E-state index contributed by atoms with van der Waals surface area (Å²) >= 11 is 6.16. The summed E-state index contributed by atoms with van der Waals surface area (Å²) in [6.45, 7) is 6.11. The molecule has 0 heterocycles. The van der Waals surface area contributed by atoms with Crippen LogP contribution in [-0.4, -0.2) is 30.4 Å². The van der Waals surface area contributed by atoms with Crippen LogP contribution in [0.15, 0.2) is 48.5 Å². The highest BCUT2D eigenvalue weighted by atomic mass is 35.5. The number of nitrogens with one attached hydrogen (secondary N) is 1. The third-order valence-corrected chi connectivity index (χ3v) is 5.19. The van der Waals surface area contributed by atoms with Crippen molar-refractivity contribution in [3.63, 3.8) is 0 Å². The van der Waals surface area contributed by atoms with E-state index in [1.54, 1.807) is 18.2 Å². The number of nitrogens with zero attached hydrogens (tertiary/aromatic N) is 1. The molecule has 24 heavy (non-hydrogen) atoms. The molecule has 1 unspecified atom stereocenters. The second-order valence-electron chi connectivity index (χ2n) is 6.78. The molecule has 2 rings (SSSR count). The first-order valence-corrected chi connectivity index (χ1v) is 8.41. The van der Waals surface area contributed by atoms with Gasteiger partial charge < -0.3 is 10.2 Å². The van der Waals surface area contributed by atoms with Gasteiger partial charge in [-0.15, -0.1) is 0 Å². The Labute approximate surface area is 149 Å². The Morgan fingerprint density at radius 1 is 1.08 bits per heavy atom. The quantitative estimate of drug-likeness (QED) is 0.868. The average Bonchev–Trinajstić information content (AvgIpc) is 2.55. The minimum absolute atomic E-state index is 0.112. The van der Waals surface area contributed by atoms with Crippen molar-refractivity contribution in [2.75, 3.05) is 14.1 Å². The van der Waals surface area contributed by atoms with Gasteiger partial charge in [0.15, 0.2) is 0 Å². The number of hydrogen-bond acceptors (Lipinski definition) is 2. The number of rotatable bonds is 5. The zero-order valence-electron chi connectivity index (χ0n) is 14.9. The van der Waals surface area contributed by atoms with Crippen LogP contribution in [0.4, 0.5) is 0 Å². The molecule has 1 atom stereocenters. The van der Waals surface area contributed by atoms with Gasteiger partial charge in [0.05, 0.1) is 6.04 Å². The zero-order chi connectivity index (χ0) is 17.9. The number of carbonyl (C=O) groups excluding carboxylic acids is 1. The Hall–Kier alpha value is -1.84. The van der Waals surface area contributed by atoms with Gasteiger partial charge in [-0.3, -0.25) is 4.79 Å². The molecule has 1 amide bonds. The summed E-state index contributed by atoms with van der Waals surface area (Å²) in [4.78, 5) is 15.0. The minimum atomic E-state index is -0.260. The molecule has 4 heteroatoms. The first-order valence-electron chi connectivity index (χ1n) is 8.03. The van der Waals surface area contributed by atoms with Crippen LogP contribution in [0.2, 0.25) is 5.02 Å². The molecule has 0 fully saturated rings. The monoisotopic (exact) mass is 344 g/mol. The van der Waals surface area contributed by atoms with Crippen LogP contribution in [-0.2, 0) is 0 Å². The van der Waals surface area contributed by atoms with E-state index in [-0.39, 0.29) is 17.5 Å². The van der Waals surface area contributed by atoms with Gasteiger partial charge in [0.1, 0.15) is 0 Å². The third kappa shape index (κ3) is 3.80. The largest absolute Gasteiger partial charge is 0.343 e. The number of hydrogen-bond donors (Lipinski definition) is 1. The Kier molecular flexibility index (Phi) is 5.68. The van der Waals surface area contributed by atoms with Crippen molar-refractivity contribution in [2.24, 2.45) is 0 Å². The molecule has 0 spiro atoms. The fourth-order valence-electron chi connectivity index (χ4n) is 2.63. The summed E-state index contributed by atoms with van der Waals surface area (Å²) in [6, 6.07) is 15.3. The Morgan fingerprint density at radius 2 is 1.71 bits per heavy atom. The smallest absolute Gasteiger partial charge is 0.252 e. The summed E-state index contributed by atoms with van der Waals surface area (Å²) in [6.07, 6.45) is 0. The van der Waals surface area contributed by atoms with Crippen molar-refractivity contribution in [3.8, 4) is 0 Å². The van der Waals surface area contributed by atoms with E-state index in [1.165, 1.54) is 0 Å². The molecule has 2 aromatic carbocycles. The van der Waals surface area contributed by atoms with E-state index in [0.29, 0.717) is 10.6 Å². The average molecular weight is 345 g/mol. The number of amides is 1. The molecule has 3 nitrogen and oxygen atoms in total. The Morgan fingerprint density at radius 3 is 2.29 bits per heavy atom. The summed E-state index contributed by atoms with van der Waals surface area (Å²) in [5, 5.41) is 3.80. The van der Waals surface area contributed by atoms with Gasteiger partial charge >= 0.3 is 0 Å². The number of likely N-dealkylation sites (N-methyl/N-ethyl adjacent to an activating group) is 1. The topological polar surface area (TPSA) is 32.3 Å². The minimum Gasteiger partial charge on any atom is -0.343 e. The van der Waals surface area contributed by atoms with E-state index in [9.17, 15) is 4.79 Å².